The van der Waals surface area contributed by atoms with Crippen molar-refractivity contribution in [2.75, 3.05) is 30.3 Å². The Kier molecular flexibility index (Phi) is 6.08. The first kappa shape index (κ1) is 19.3. The van der Waals surface area contributed by atoms with Gasteiger partial charge in [0.05, 0.1) is 18.8 Å². The van der Waals surface area contributed by atoms with Crippen LogP contribution in [0.4, 0.5) is 15.6 Å². The molecule has 0 fully saturated rings. The van der Waals surface area contributed by atoms with Crippen LogP contribution in [-0.4, -0.2) is 41.6 Å². The first-order valence-electron chi connectivity index (χ1n) is 8.96. The lowest BCUT2D eigenvalue weighted by Crippen LogP contribution is -2.36. The number of aryl methyl sites for hydroxylation is 2. The van der Waals surface area contributed by atoms with Gasteiger partial charge in [-0.1, -0.05) is 23.5 Å². The highest BCUT2D eigenvalue weighted by Gasteiger charge is 2.23. The van der Waals surface area contributed by atoms with Crippen molar-refractivity contribution in [1.82, 2.24) is 9.88 Å². The highest BCUT2D eigenvalue weighted by molar-refractivity contribution is 7.15. The molecule has 2 amide bonds. The Balaban J connectivity index is 1.57. The quantitative estimate of drug-likeness (QED) is 0.821. The van der Waals surface area contributed by atoms with Crippen LogP contribution in [0.25, 0.3) is 0 Å². The Labute approximate surface area is 162 Å². The first-order chi connectivity index (χ1) is 12.9. The molecule has 0 aliphatic carbocycles. The van der Waals surface area contributed by atoms with Gasteiger partial charge in [-0.3, -0.25) is 15.0 Å². The summed E-state index contributed by atoms with van der Waals surface area (Å²) >= 11 is 1.43. The number of carbonyl (C=O) groups excluding carboxylic acids is 2. The van der Waals surface area contributed by atoms with Gasteiger partial charge in [0, 0.05) is 30.1 Å². The predicted octanol–water partition coefficient (Wildman–Crippen LogP) is 3.33. The van der Waals surface area contributed by atoms with Crippen molar-refractivity contribution in [3.05, 3.63) is 39.9 Å². The van der Waals surface area contributed by atoms with Gasteiger partial charge in [-0.15, -0.1) is 0 Å². The molecule has 1 aliphatic heterocycles. The molecule has 1 aromatic carbocycles. The molecule has 0 atom stereocenters. The maximum Gasteiger partial charge on any atom is 0.413 e. The Morgan fingerprint density at radius 2 is 2.11 bits per heavy atom. The molecule has 144 valence electrons. The summed E-state index contributed by atoms with van der Waals surface area (Å²) in [4.78, 5) is 31.6. The number of thiazole rings is 1. The average molecular weight is 388 g/mol. The van der Waals surface area contributed by atoms with E-state index in [0.29, 0.717) is 24.8 Å². The molecule has 2 N–H and O–H groups in total. The summed E-state index contributed by atoms with van der Waals surface area (Å²) in [5.41, 5.74) is 4.01. The fourth-order valence-corrected chi connectivity index (χ4v) is 3.99. The van der Waals surface area contributed by atoms with Gasteiger partial charge in [0.15, 0.2) is 5.13 Å². The zero-order valence-corrected chi connectivity index (χ0v) is 16.6. The Morgan fingerprint density at radius 3 is 2.89 bits per heavy atom. The minimum absolute atomic E-state index is 0.0264. The number of nitrogens with zero attached hydrogens (tertiary/aromatic N) is 2. The Hall–Kier alpha value is -2.45. The molecule has 0 radical (unpaired) electrons. The Bertz CT molecular complexity index is 849. The topological polar surface area (TPSA) is 83.6 Å². The molecular weight excluding hydrogens is 364 g/mol. The number of ether oxygens (including phenoxy) is 1. The molecule has 27 heavy (non-hydrogen) atoms. The molecule has 2 heterocycles. The molecule has 0 saturated heterocycles. The van der Waals surface area contributed by atoms with Crippen molar-refractivity contribution >= 4 is 34.2 Å². The van der Waals surface area contributed by atoms with E-state index in [2.05, 4.69) is 20.5 Å². The number of fused-ring (bicyclic) bond motifs is 1. The van der Waals surface area contributed by atoms with Crippen LogP contribution in [0.15, 0.2) is 18.2 Å². The summed E-state index contributed by atoms with van der Waals surface area (Å²) < 4.78 is 4.88. The van der Waals surface area contributed by atoms with E-state index in [-0.39, 0.29) is 5.91 Å². The summed E-state index contributed by atoms with van der Waals surface area (Å²) in [5, 5.41) is 6.19. The lowest BCUT2D eigenvalue weighted by atomic mass is 10.1. The van der Waals surface area contributed by atoms with E-state index in [9.17, 15) is 9.59 Å². The zero-order chi connectivity index (χ0) is 19.4. The van der Waals surface area contributed by atoms with E-state index in [4.69, 9.17) is 4.74 Å². The average Bonchev–Trinajstić information content (AvgIpc) is 2.99. The monoisotopic (exact) mass is 388 g/mol. The molecule has 7 nitrogen and oxygen atoms in total. The standard InChI is InChI=1S/C19H24N4O3S/c1-4-26-19(25)22-18-21-14-7-8-23(10-16(14)27-18)11-17(24)20-15-9-12(2)5-6-13(15)3/h5-6,9H,4,7-8,10-11H2,1-3H3,(H,20,24)(H,21,22,25). The van der Waals surface area contributed by atoms with E-state index < -0.39 is 6.09 Å². The van der Waals surface area contributed by atoms with Crippen LogP contribution < -0.4 is 10.6 Å². The van der Waals surface area contributed by atoms with Crippen LogP contribution in [0.1, 0.15) is 28.6 Å². The Morgan fingerprint density at radius 1 is 1.30 bits per heavy atom. The van der Waals surface area contributed by atoms with Gasteiger partial charge in [0.2, 0.25) is 5.91 Å². The van der Waals surface area contributed by atoms with Gasteiger partial charge in [-0.25, -0.2) is 9.78 Å². The number of anilines is 2. The van der Waals surface area contributed by atoms with E-state index in [0.717, 1.165) is 40.4 Å². The second kappa shape index (κ2) is 8.49. The number of nitrogens with one attached hydrogen (secondary N) is 2. The normalized spacial score (nSPS) is 13.7. The minimum atomic E-state index is -0.492. The molecule has 3 rings (SSSR count). The SMILES string of the molecule is CCOC(=O)Nc1nc2c(s1)CN(CC(=O)Nc1cc(C)ccc1C)CC2. The maximum atomic E-state index is 12.4. The first-order valence-corrected chi connectivity index (χ1v) is 9.78. The van der Waals surface area contributed by atoms with Crippen LogP contribution in [-0.2, 0) is 22.5 Å². The van der Waals surface area contributed by atoms with Gasteiger partial charge < -0.3 is 10.1 Å². The zero-order valence-electron chi connectivity index (χ0n) is 15.8. The van der Waals surface area contributed by atoms with Crippen molar-refractivity contribution in [1.29, 1.82) is 0 Å². The highest BCUT2D eigenvalue weighted by atomic mass is 32.1. The van der Waals surface area contributed by atoms with Crippen molar-refractivity contribution < 1.29 is 14.3 Å². The molecule has 2 aromatic rings. The van der Waals surface area contributed by atoms with Crippen LogP contribution in [0.2, 0.25) is 0 Å². The molecule has 0 bridgehead atoms. The van der Waals surface area contributed by atoms with E-state index in [1.54, 1.807) is 6.92 Å². The largest absolute Gasteiger partial charge is 0.450 e. The summed E-state index contributed by atoms with van der Waals surface area (Å²) in [6.45, 7) is 7.80. The third-order valence-corrected chi connectivity index (χ3v) is 5.33. The summed E-state index contributed by atoms with van der Waals surface area (Å²) in [5.74, 6) is -0.0264. The molecule has 0 saturated carbocycles. The van der Waals surface area contributed by atoms with Crippen molar-refractivity contribution in [3.63, 3.8) is 0 Å². The van der Waals surface area contributed by atoms with Crippen molar-refractivity contribution in [3.8, 4) is 0 Å². The minimum Gasteiger partial charge on any atom is -0.450 e. The van der Waals surface area contributed by atoms with E-state index in [1.165, 1.54) is 11.3 Å². The smallest absolute Gasteiger partial charge is 0.413 e. The molecule has 1 aliphatic rings. The number of rotatable bonds is 5. The predicted molar refractivity (Wildman–Crippen MR) is 106 cm³/mol. The van der Waals surface area contributed by atoms with Crippen LogP contribution in [0, 0.1) is 13.8 Å². The second-order valence-electron chi connectivity index (χ2n) is 6.56. The lowest BCUT2D eigenvalue weighted by Gasteiger charge is -2.25. The molecule has 8 heteroatoms. The fraction of sp³-hybridized carbons (Fsp3) is 0.421. The molecule has 0 spiro atoms. The number of hydrogen-bond donors (Lipinski definition) is 2. The highest BCUT2D eigenvalue weighted by Crippen LogP contribution is 2.28. The third-order valence-electron chi connectivity index (χ3n) is 4.33. The summed E-state index contributed by atoms with van der Waals surface area (Å²) in [6.07, 6.45) is 0.265. The van der Waals surface area contributed by atoms with Gasteiger partial charge in [-0.05, 0) is 38.0 Å². The van der Waals surface area contributed by atoms with Crippen LogP contribution in [0.5, 0.6) is 0 Å². The van der Waals surface area contributed by atoms with Crippen molar-refractivity contribution in [2.24, 2.45) is 0 Å². The fourth-order valence-electron chi connectivity index (χ4n) is 2.95. The summed E-state index contributed by atoms with van der Waals surface area (Å²) in [7, 11) is 0. The third kappa shape index (κ3) is 5.05. The summed E-state index contributed by atoms with van der Waals surface area (Å²) in [6, 6.07) is 6.02. The maximum absolute atomic E-state index is 12.4. The van der Waals surface area contributed by atoms with Crippen molar-refractivity contribution in [2.45, 2.75) is 33.7 Å². The van der Waals surface area contributed by atoms with E-state index >= 15 is 0 Å². The number of hydrogen-bond acceptors (Lipinski definition) is 6. The molecule has 0 unspecified atom stereocenters. The molecular formula is C19H24N4O3S. The van der Waals surface area contributed by atoms with E-state index in [1.807, 2.05) is 32.0 Å². The van der Waals surface area contributed by atoms with Gasteiger partial charge in [0.25, 0.3) is 0 Å². The van der Waals surface area contributed by atoms with Gasteiger partial charge in [-0.2, -0.15) is 0 Å². The number of amides is 2. The number of benzene rings is 1. The number of aromatic nitrogens is 1. The van der Waals surface area contributed by atoms with Crippen LogP contribution >= 0.6 is 11.3 Å². The van der Waals surface area contributed by atoms with Gasteiger partial charge in [0.1, 0.15) is 0 Å². The molecule has 1 aromatic heterocycles. The number of carbonyl (C=O) groups is 2. The lowest BCUT2D eigenvalue weighted by molar-refractivity contribution is -0.117. The second-order valence-corrected chi connectivity index (χ2v) is 7.65. The van der Waals surface area contributed by atoms with Crippen LogP contribution in [0.3, 0.4) is 0 Å². The van der Waals surface area contributed by atoms with Gasteiger partial charge >= 0.3 is 6.09 Å².